The fourth-order valence-electron chi connectivity index (χ4n) is 2.77. The molecule has 0 amide bonds. The Morgan fingerprint density at radius 3 is 1.65 bits per heavy atom. The molecule has 0 N–H and O–H groups in total. The molecule has 0 aromatic carbocycles. The molecule has 0 aliphatic rings. The highest BCUT2D eigenvalue weighted by Gasteiger charge is 2.38. The van der Waals surface area contributed by atoms with E-state index >= 15 is 0 Å². The van der Waals surface area contributed by atoms with Crippen LogP contribution in [0.4, 0.5) is 0 Å². The lowest BCUT2D eigenvalue weighted by Gasteiger charge is -2.36. The molecule has 0 aromatic rings. The van der Waals surface area contributed by atoms with E-state index in [1.54, 1.807) is 21.3 Å². The predicted octanol–water partition coefficient (Wildman–Crippen LogP) is 5.17. The molecule has 0 spiro atoms. The summed E-state index contributed by atoms with van der Waals surface area (Å²) in [5.74, 6) is -0.553. The van der Waals surface area contributed by atoms with E-state index in [-0.39, 0.29) is 12.4 Å². The molecule has 1 unspecified atom stereocenters. The fraction of sp³-hybridized carbons (Fsp3) is 1.00. The molecule has 4 heteroatoms. The molecule has 124 valence electrons. The van der Waals surface area contributed by atoms with Crippen LogP contribution in [-0.4, -0.2) is 27.3 Å². The van der Waals surface area contributed by atoms with E-state index in [4.69, 9.17) is 14.2 Å². The van der Waals surface area contributed by atoms with E-state index in [0.29, 0.717) is 5.92 Å². The minimum absolute atomic E-state index is 0. The monoisotopic (exact) mass is 310 g/mol. The van der Waals surface area contributed by atoms with Crippen molar-refractivity contribution in [1.29, 1.82) is 0 Å². The minimum Gasteiger partial charge on any atom is -0.331 e. The van der Waals surface area contributed by atoms with Crippen LogP contribution in [0.1, 0.15) is 71.6 Å². The average molecular weight is 311 g/mol. The second-order valence-corrected chi connectivity index (χ2v) is 5.26. The van der Waals surface area contributed by atoms with Gasteiger partial charge in [0.15, 0.2) is 0 Å². The number of ether oxygens (including phenoxy) is 3. The van der Waals surface area contributed by atoms with Crippen LogP contribution in [0, 0.1) is 5.92 Å². The Kier molecular flexibility index (Phi) is 15.9. The van der Waals surface area contributed by atoms with Gasteiger partial charge >= 0.3 is 0 Å². The molecule has 0 aliphatic heterocycles. The van der Waals surface area contributed by atoms with E-state index in [1.165, 1.54) is 38.5 Å². The molecule has 1 atom stereocenters. The summed E-state index contributed by atoms with van der Waals surface area (Å²) in [6, 6.07) is 0. The Morgan fingerprint density at radius 1 is 0.700 bits per heavy atom. The lowest BCUT2D eigenvalue weighted by molar-refractivity contribution is -0.380. The van der Waals surface area contributed by atoms with E-state index in [9.17, 15) is 0 Å². The standard InChI is InChI=1S/C16H34O3.ClH/c1-6-8-9-10-11-12-14-15(13-7-2)16(17-3,18-4)19-5;/h15H,6-14H2,1-5H3;1H. The lowest BCUT2D eigenvalue weighted by Crippen LogP contribution is -2.44. The highest BCUT2D eigenvalue weighted by Crippen LogP contribution is 2.32. The average Bonchev–Trinajstić information content (AvgIpc) is 2.45. The van der Waals surface area contributed by atoms with Gasteiger partial charge in [-0.2, -0.15) is 0 Å². The van der Waals surface area contributed by atoms with E-state index in [2.05, 4.69) is 13.8 Å². The quantitative estimate of drug-likeness (QED) is 0.347. The molecule has 0 bridgehead atoms. The van der Waals surface area contributed by atoms with Crippen molar-refractivity contribution in [2.45, 2.75) is 77.6 Å². The van der Waals surface area contributed by atoms with Gasteiger partial charge in [0, 0.05) is 27.2 Å². The molecule has 0 heterocycles. The van der Waals surface area contributed by atoms with Gasteiger partial charge in [0.25, 0.3) is 5.97 Å². The Morgan fingerprint density at radius 2 is 1.20 bits per heavy atom. The van der Waals surface area contributed by atoms with E-state index in [0.717, 1.165) is 19.3 Å². The molecule has 0 saturated heterocycles. The summed E-state index contributed by atoms with van der Waals surface area (Å²) in [4.78, 5) is 0. The fourth-order valence-corrected chi connectivity index (χ4v) is 2.77. The van der Waals surface area contributed by atoms with Gasteiger partial charge < -0.3 is 14.2 Å². The van der Waals surface area contributed by atoms with Gasteiger partial charge in [0.2, 0.25) is 0 Å². The van der Waals surface area contributed by atoms with Crippen LogP contribution >= 0.6 is 12.4 Å². The van der Waals surface area contributed by atoms with Crippen molar-refractivity contribution < 1.29 is 14.2 Å². The van der Waals surface area contributed by atoms with Gasteiger partial charge in [-0.1, -0.05) is 58.8 Å². The summed E-state index contributed by atoms with van der Waals surface area (Å²) in [6.45, 7) is 4.45. The van der Waals surface area contributed by atoms with Gasteiger partial charge in [0.05, 0.1) is 0 Å². The number of halogens is 1. The summed E-state index contributed by atoms with van der Waals surface area (Å²) in [7, 11) is 4.99. The zero-order valence-corrected chi connectivity index (χ0v) is 14.9. The smallest absolute Gasteiger partial charge is 0.285 e. The van der Waals surface area contributed by atoms with Gasteiger partial charge in [-0.3, -0.25) is 0 Å². The molecule has 20 heavy (non-hydrogen) atoms. The molecular weight excluding hydrogens is 276 g/mol. The van der Waals surface area contributed by atoms with E-state index in [1.807, 2.05) is 0 Å². The first-order valence-electron chi connectivity index (χ1n) is 7.86. The maximum atomic E-state index is 5.50. The van der Waals surface area contributed by atoms with Crippen molar-refractivity contribution >= 4 is 12.4 Å². The zero-order chi connectivity index (χ0) is 14.6. The summed E-state index contributed by atoms with van der Waals surface area (Å²) in [5.41, 5.74) is 0. The van der Waals surface area contributed by atoms with Crippen LogP contribution < -0.4 is 0 Å². The third-order valence-corrected chi connectivity index (χ3v) is 3.90. The number of hydrogen-bond donors (Lipinski definition) is 0. The normalized spacial score (nSPS) is 13.1. The third kappa shape index (κ3) is 7.82. The third-order valence-electron chi connectivity index (χ3n) is 3.90. The summed E-state index contributed by atoms with van der Waals surface area (Å²) < 4.78 is 16.5. The van der Waals surface area contributed by atoms with Gasteiger partial charge in [-0.15, -0.1) is 12.4 Å². The van der Waals surface area contributed by atoms with E-state index < -0.39 is 5.97 Å². The summed E-state index contributed by atoms with van der Waals surface area (Å²) in [5, 5.41) is 0. The molecule has 0 aromatic heterocycles. The first kappa shape index (κ1) is 22.5. The maximum absolute atomic E-state index is 5.50. The lowest BCUT2D eigenvalue weighted by atomic mass is 9.93. The van der Waals surface area contributed by atoms with Crippen molar-refractivity contribution in [3.8, 4) is 0 Å². The van der Waals surface area contributed by atoms with Crippen LogP contribution in [-0.2, 0) is 14.2 Å². The van der Waals surface area contributed by atoms with Crippen LogP contribution in [0.25, 0.3) is 0 Å². The molecule has 0 saturated carbocycles. The van der Waals surface area contributed by atoms with Crippen LogP contribution in [0.15, 0.2) is 0 Å². The maximum Gasteiger partial charge on any atom is 0.285 e. The number of hydrogen-bond acceptors (Lipinski definition) is 3. The Balaban J connectivity index is 0. The number of methoxy groups -OCH3 is 3. The highest BCUT2D eigenvalue weighted by atomic mass is 35.5. The Hall–Kier alpha value is 0.170. The van der Waals surface area contributed by atoms with Crippen LogP contribution in [0.5, 0.6) is 0 Å². The first-order valence-corrected chi connectivity index (χ1v) is 7.86. The first-order chi connectivity index (χ1) is 9.20. The van der Waals surface area contributed by atoms with Crippen LogP contribution in [0.2, 0.25) is 0 Å². The highest BCUT2D eigenvalue weighted by molar-refractivity contribution is 5.85. The molecular formula is C16H35ClO3. The summed E-state index contributed by atoms with van der Waals surface area (Å²) >= 11 is 0. The predicted molar refractivity (Wildman–Crippen MR) is 87.4 cm³/mol. The van der Waals surface area contributed by atoms with Crippen molar-refractivity contribution in [3.05, 3.63) is 0 Å². The second kappa shape index (κ2) is 14.1. The SMILES string of the molecule is CCCCCCCCC(CCC)C(OC)(OC)OC.Cl. The van der Waals surface area contributed by atoms with Crippen LogP contribution in [0.3, 0.4) is 0 Å². The molecule has 0 rings (SSSR count). The minimum atomic E-state index is -0.862. The van der Waals surface area contributed by atoms with Gasteiger partial charge in [-0.25, -0.2) is 0 Å². The topological polar surface area (TPSA) is 27.7 Å². The van der Waals surface area contributed by atoms with Gasteiger partial charge in [0.1, 0.15) is 0 Å². The Bertz CT molecular complexity index is 188. The molecule has 3 nitrogen and oxygen atoms in total. The number of rotatable bonds is 13. The molecule has 0 aliphatic carbocycles. The van der Waals surface area contributed by atoms with Crippen molar-refractivity contribution in [3.63, 3.8) is 0 Å². The zero-order valence-electron chi connectivity index (χ0n) is 14.1. The largest absolute Gasteiger partial charge is 0.331 e. The molecule has 0 radical (unpaired) electrons. The molecule has 0 fully saturated rings. The van der Waals surface area contributed by atoms with Crippen molar-refractivity contribution in [1.82, 2.24) is 0 Å². The number of unbranched alkanes of at least 4 members (excludes halogenated alkanes) is 5. The van der Waals surface area contributed by atoms with Gasteiger partial charge in [-0.05, 0) is 12.8 Å². The van der Waals surface area contributed by atoms with Crippen molar-refractivity contribution in [2.24, 2.45) is 5.92 Å². The Labute approximate surface area is 132 Å². The van der Waals surface area contributed by atoms with Crippen molar-refractivity contribution in [2.75, 3.05) is 21.3 Å². The summed E-state index contributed by atoms with van der Waals surface area (Å²) in [6.07, 6.45) is 11.2. The second-order valence-electron chi connectivity index (χ2n) is 5.26.